The highest BCUT2D eigenvalue weighted by Gasteiger charge is 2.39. The molecule has 3 rings (SSSR count). The second-order valence-corrected chi connectivity index (χ2v) is 6.41. The molecule has 2 atom stereocenters. The number of anilines is 1. The third-order valence-corrected chi connectivity index (χ3v) is 4.69. The minimum atomic E-state index is -0.998. The molecule has 0 unspecified atom stereocenters. The molecule has 0 heterocycles. The van der Waals surface area contributed by atoms with E-state index in [2.05, 4.69) is 5.32 Å². The van der Waals surface area contributed by atoms with Gasteiger partial charge in [0.2, 0.25) is 0 Å². The van der Waals surface area contributed by atoms with Crippen LogP contribution in [0.5, 0.6) is 5.75 Å². The first-order valence-electron chi connectivity index (χ1n) is 8.61. The molecule has 0 saturated heterocycles. The van der Waals surface area contributed by atoms with Crippen molar-refractivity contribution < 1.29 is 27.8 Å². The lowest BCUT2D eigenvalue weighted by Crippen LogP contribution is -2.34. The molecule has 7 heteroatoms. The SMILES string of the molecule is COC(=O)[C@@H]1C(=O)C=C(Nc2ccc(F)cc2F)C[C@@H]1c1ccc(OC)cc1. The van der Waals surface area contributed by atoms with Crippen molar-refractivity contribution in [2.75, 3.05) is 19.5 Å². The molecule has 146 valence electrons. The minimum absolute atomic E-state index is 0.0467. The lowest BCUT2D eigenvalue weighted by molar-refractivity contribution is -0.149. The number of methoxy groups -OCH3 is 2. The van der Waals surface area contributed by atoms with Crippen LogP contribution in [0.2, 0.25) is 0 Å². The fraction of sp³-hybridized carbons (Fsp3) is 0.238. The predicted molar refractivity (Wildman–Crippen MR) is 98.9 cm³/mol. The standard InChI is InChI=1S/C21H19F2NO4/c1-27-15-6-3-12(4-7-15)16-10-14(11-19(25)20(16)21(26)28-2)24-18-8-5-13(22)9-17(18)23/h3-9,11,16,20,24H,10H2,1-2H3/t16-,20+/m1/s1. The first-order valence-corrected chi connectivity index (χ1v) is 8.61. The van der Waals surface area contributed by atoms with Crippen molar-refractivity contribution in [3.05, 3.63) is 71.4 Å². The molecule has 0 aromatic heterocycles. The van der Waals surface area contributed by atoms with Gasteiger partial charge in [-0.05, 0) is 36.2 Å². The number of rotatable bonds is 5. The molecule has 0 radical (unpaired) electrons. The zero-order chi connectivity index (χ0) is 20.3. The zero-order valence-electron chi connectivity index (χ0n) is 15.4. The van der Waals surface area contributed by atoms with Crippen molar-refractivity contribution in [3.63, 3.8) is 0 Å². The van der Waals surface area contributed by atoms with Crippen LogP contribution in [0.15, 0.2) is 54.2 Å². The third kappa shape index (κ3) is 4.03. The van der Waals surface area contributed by atoms with Crippen molar-refractivity contribution in [1.82, 2.24) is 0 Å². The molecule has 1 N–H and O–H groups in total. The maximum absolute atomic E-state index is 14.0. The largest absolute Gasteiger partial charge is 0.497 e. The Kier molecular flexibility index (Phi) is 5.73. The number of hydrogen-bond acceptors (Lipinski definition) is 5. The Labute approximate surface area is 161 Å². The number of hydrogen-bond donors (Lipinski definition) is 1. The number of benzene rings is 2. The fourth-order valence-corrected chi connectivity index (χ4v) is 3.29. The van der Waals surface area contributed by atoms with Crippen LogP contribution >= 0.6 is 0 Å². The van der Waals surface area contributed by atoms with Gasteiger partial charge in [-0.15, -0.1) is 0 Å². The topological polar surface area (TPSA) is 64.6 Å². The summed E-state index contributed by atoms with van der Waals surface area (Å²) in [5.74, 6) is -3.40. The van der Waals surface area contributed by atoms with Crippen LogP contribution in [0.3, 0.4) is 0 Å². The molecule has 0 spiro atoms. The van der Waals surface area contributed by atoms with E-state index in [4.69, 9.17) is 9.47 Å². The molecular weight excluding hydrogens is 368 g/mol. The van der Waals surface area contributed by atoms with E-state index in [1.165, 1.54) is 19.3 Å². The summed E-state index contributed by atoms with van der Waals surface area (Å²) in [5.41, 5.74) is 1.22. The Morgan fingerprint density at radius 3 is 2.43 bits per heavy atom. The van der Waals surface area contributed by atoms with Gasteiger partial charge in [0.15, 0.2) is 5.78 Å². The maximum Gasteiger partial charge on any atom is 0.317 e. The summed E-state index contributed by atoms with van der Waals surface area (Å²) >= 11 is 0. The average molecular weight is 387 g/mol. The number of allylic oxidation sites excluding steroid dienone is 2. The van der Waals surface area contributed by atoms with E-state index in [0.717, 1.165) is 17.7 Å². The van der Waals surface area contributed by atoms with Gasteiger partial charge in [0.05, 0.1) is 19.9 Å². The Balaban J connectivity index is 1.93. The van der Waals surface area contributed by atoms with Crippen LogP contribution < -0.4 is 10.1 Å². The van der Waals surface area contributed by atoms with Gasteiger partial charge in [-0.1, -0.05) is 12.1 Å². The molecule has 0 fully saturated rings. The smallest absolute Gasteiger partial charge is 0.317 e. The first-order chi connectivity index (χ1) is 13.4. The monoisotopic (exact) mass is 387 g/mol. The first kappa shape index (κ1) is 19.5. The van der Waals surface area contributed by atoms with Gasteiger partial charge in [0, 0.05) is 23.8 Å². The molecule has 0 saturated carbocycles. The van der Waals surface area contributed by atoms with E-state index >= 15 is 0 Å². The molecule has 2 aromatic carbocycles. The third-order valence-electron chi connectivity index (χ3n) is 4.69. The number of esters is 1. The molecule has 1 aliphatic rings. The van der Waals surface area contributed by atoms with Gasteiger partial charge in [-0.2, -0.15) is 0 Å². The Hall–Kier alpha value is -3.22. The summed E-state index contributed by atoms with van der Waals surface area (Å²) in [6, 6.07) is 10.1. The van der Waals surface area contributed by atoms with Crippen molar-refractivity contribution >= 4 is 17.4 Å². The van der Waals surface area contributed by atoms with Crippen molar-refractivity contribution in [2.24, 2.45) is 5.92 Å². The Morgan fingerprint density at radius 1 is 1.11 bits per heavy atom. The second-order valence-electron chi connectivity index (χ2n) is 6.41. The van der Waals surface area contributed by atoms with Crippen LogP contribution in [0.25, 0.3) is 0 Å². The number of ketones is 1. The van der Waals surface area contributed by atoms with Gasteiger partial charge in [0.1, 0.15) is 23.3 Å². The van der Waals surface area contributed by atoms with E-state index in [1.807, 2.05) is 0 Å². The summed E-state index contributed by atoms with van der Waals surface area (Å²) in [7, 11) is 2.77. The van der Waals surface area contributed by atoms with Crippen molar-refractivity contribution in [3.8, 4) is 5.75 Å². The number of nitrogens with one attached hydrogen (secondary N) is 1. The Bertz CT molecular complexity index is 925. The highest BCUT2D eigenvalue weighted by molar-refractivity contribution is 6.07. The van der Waals surface area contributed by atoms with E-state index in [-0.39, 0.29) is 12.1 Å². The second kappa shape index (κ2) is 8.21. The molecule has 0 aliphatic heterocycles. The van der Waals surface area contributed by atoms with E-state index in [0.29, 0.717) is 11.4 Å². The van der Waals surface area contributed by atoms with Gasteiger partial charge < -0.3 is 14.8 Å². The number of carbonyl (C=O) groups is 2. The fourth-order valence-electron chi connectivity index (χ4n) is 3.29. The van der Waals surface area contributed by atoms with Crippen molar-refractivity contribution in [2.45, 2.75) is 12.3 Å². The van der Waals surface area contributed by atoms with E-state index in [1.54, 1.807) is 31.4 Å². The minimum Gasteiger partial charge on any atom is -0.497 e. The summed E-state index contributed by atoms with van der Waals surface area (Å²) in [6.45, 7) is 0. The molecular formula is C21H19F2NO4. The van der Waals surface area contributed by atoms with Gasteiger partial charge in [-0.25, -0.2) is 8.78 Å². The predicted octanol–water partition coefficient (Wildman–Crippen LogP) is 3.82. The van der Waals surface area contributed by atoms with Crippen molar-refractivity contribution in [1.29, 1.82) is 0 Å². The summed E-state index contributed by atoms with van der Waals surface area (Å²) in [4.78, 5) is 24.9. The normalized spacial score (nSPS) is 19.0. The summed E-state index contributed by atoms with van der Waals surface area (Å²) < 4.78 is 37.0. The zero-order valence-corrected chi connectivity index (χ0v) is 15.4. The highest BCUT2D eigenvalue weighted by Crippen LogP contribution is 2.38. The van der Waals surface area contributed by atoms with Crippen LogP contribution in [-0.2, 0) is 14.3 Å². The molecule has 5 nitrogen and oxygen atoms in total. The molecule has 2 aromatic rings. The van der Waals surface area contributed by atoms with Crippen LogP contribution in [0.1, 0.15) is 17.9 Å². The molecule has 28 heavy (non-hydrogen) atoms. The lowest BCUT2D eigenvalue weighted by Gasteiger charge is -2.29. The maximum atomic E-state index is 14.0. The molecule has 0 bridgehead atoms. The lowest BCUT2D eigenvalue weighted by atomic mass is 9.76. The van der Waals surface area contributed by atoms with Gasteiger partial charge in [0.25, 0.3) is 0 Å². The summed E-state index contributed by atoms with van der Waals surface area (Å²) in [6.07, 6.45) is 1.54. The molecule has 1 aliphatic carbocycles. The number of ether oxygens (including phenoxy) is 2. The van der Waals surface area contributed by atoms with Crippen LogP contribution in [-0.4, -0.2) is 26.0 Å². The average Bonchev–Trinajstić information content (AvgIpc) is 2.69. The van der Waals surface area contributed by atoms with Crippen LogP contribution in [0, 0.1) is 17.6 Å². The molecule has 0 amide bonds. The Morgan fingerprint density at radius 2 is 1.82 bits per heavy atom. The number of carbonyl (C=O) groups excluding carboxylic acids is 2. The van der Waals surface area contributed by atoms with Gasteiger partial charge in [-0.3, -0.25) is 9.59 Å². The van der Waals surface area contributed by atoms with Gasteiger partial charge >= 0.3 is 5.97 Å². The summed E-state index contributed by atoms with van der Waals surface area (Å²) in [5, 5.41) is 2.83. The highest BCUT2D eigenvalue weighted by atomic mass is 19.1. The number of halogens is 2. The van der Waals surface area contributed by atoms with E-state index in [9.17, 15) is 18.4 Å². The quantitative estimate of drug-likeness (QED) is 0.624. The van der Waals surface area contributed by atoms with E-state index < -0.39 is 35.2 Å². The van der Waals surface area contributed by atoms with Crippen LogP contribution in [0.4, 0.5) is 14.5 Å².